The van der Waals surface area contributed by atoms with Crippen LogP contribution in [0.4, 0.5) is 0 Å². The lowest BCUT2D eigenvalue weighted by Gasteiger charge is -2.24. The molecule has 0 radical (unpaired) electrons. The van der Waals surface area contributed by atoms with E-state index in [2.05, 4.69) is 21.4 Å². The molecule has 0 fully saturated rings. The van der Waals surface area contributed by atoms with Gasteiger partial charge in [-0.25, -0.2) is 5.48 Å². The zero-order valence-electron chi connectivity index (χ0n) is 17.1. The number of hydrogen-bond donors (Lipinski definition) is 4. The van der Waals surface area contributed by atoms with Gasteiger partial charge in [0.05, 0.1) is 33.0 Å². The minimum Gasteiger partial charge on any atom is -0.380 e. The van der Waals surface area contributed by atoms with Crippen LogP contribution < -0.4 is 21.4 Å². The maximum atomic E-state index is 11.6. The van der Waals surface area contributed by atoms with E-state index < -0.39 is 0 Å². The normalized spacial score (nSPS) is 11.1. The van der Waals surface area contributed by atoms with Crippen LogP contribution >= 0.6 is 0 Å². The van der Waals surface area contributed by atoms with Gasteiger partial charge >= 0.3 is 0 Å². The molecule has 0 rings (SSSR count). The van der Waals surface area contributed by atoms with Crippen molar-refractivity contribution in [2.24, 2.45) is 5.41 Å². The van der Waals surface area contributed by atoms with Crippen LogP contribution in [0.5, 0.6) is 0 Å². The summed E-state index contributed by atoms with van der Waals surface area (Å²) in [5, 5.41) is 7.88. The van der Waals surface area contributed by atoms with Gasteiger partial charge in [0.2, 0.25) is 18.7 Å². The highest BCUT2D eigenvalue weighted by Gasteiger charge is 2.18. The number of amides is 3. The molecule has 0 aromatic rings. The van der Waals surface area contributed by atoms with Gasteiger partial charge in [-0.3, -0.25) is 19.2 Å². The van der Waals surface area contributed by atoms with E-state index >= 15 is 0 Å². The summed E-state index contributed by atoms with van der Waals surface area (Å²) >= 11 is 0. The number of nitrogens with one attached hydrogen (secondary N) is 4. The Morgan fingerprint density at radius 2 is 1.46 bits per heavy atom. The third-order valence-electron chi connectivity index (χ3n) is 3.48. The van der Waals surface area contributed by atoms with E-state index in [4.69, 9.17) is 14.3 Å². The van der Waals surface area contributed by atoms with E-state index in [-0.39, 0.29) is 11.3 Å². The van der Waals surface area contributed by atoms with Crippen LogP contribution in [0, 0.1) is 5.41 Å². The highest BCUT2D eigenvalue weighted by atomic mass is 16.7. The summed E-state index contributed by atoms with van der Waals surface area (Å²) in [6.45, 7) is 8.69. The van der Waals surface area contributed by atoms with Crippen molar-refractivity contribution in [3.05, 3.63) is 0 Å². The van der Waals surface area contributed by atoms with Gasteiger partial charge in [0.1, 0.15) is 0 Å². The fraction of sp³-hybridized carbons (Fsp3) is 0.833. The second kappa shape index (κ2) is 18.6. The lowest BCUT2D eigenvalue weighted by Crippen LogP contribution is -2.30. The second-order valence-electron chi connectivity index (χ2n) is 6.96. The molecule has 0 saturated carbocycles. The molecule has 0 heterocycles. The maximum absolute atomic E-state index is 11.6. The number of ether oxygens (including phenoxy) is 2. The van der Waals surface area contributed by atoms with Gasteiger partial charge in [0, 0.05) is 38.0 Å². The standard InChI is InChI=1S/C18H36N4O6/c1-18(2,14-27-11-12-28-22-9-4-7-20-16-24)13-26-10-5-17(25)21-8-3-6-19-15-23/h15-16,22H,3-14H2,1-2H3,(H,19,23)(H,20,24)(H,21,25). The first kappa shape index (κ1) is 26.2. The number of rotatable bonds is 21. The highest BCUT2D eigenvalue weighted by molar-refractivity contribution is 5.75. The molecule has 0 aliphatic rings. The van der Waals surface area contributed by atoms with Crippen molar-refractivity contribution < 1.29 is 28.7 Å². The smallest absolute Gasteiger partial charge is 0.222 e. The molecular weight excluding hydrogens is 368 g/mol. The first-order valence-corrected chi connectivity index (χ1v) is 9.63. The van der Waals surface area contributed by atoms with Crippen molar-refractivity contribution in [1.82, 2.24) is 21.4 Å². The van der Waals surface area contributed by atoms with Crippen molar-refractivity contribution in [3.8, 4) is 0 Å². The third kappa shape index (κ3) is 19.0. The number of carbonyl (C=O) groups excluding carboxylic acids is 3. The Morgan fingerprint density at radius 3 is 2.11 bits per heavy atom. The molecule has 0 bridgehead atoms. The van der Waals surface area contributed by atoms with Crippen molar-refractivity contribution in [2.75, 3.05) is 59.2 Å². The second-order valence-corrected chi connectivity index (χ2v) is 6.96. The minimum absolute atomic E-state index is 0.0632. The van der Waals surface area contributed by atoms with Crippen LogP contribution in [0.3, 0.4) is 0 Å². The van der Waals surface area contributed by atoms with E-state index in [0.717, 1.165) is 6.42 Å². The average molecular weight is 405 g/mol. The first-order valence-electron chi connectivity index (χ1n) is 9.63. The minimum atomic E-state index is -0.162. The van der Waals surface area contributed by atoms with Gasteiger partial charge in [-0.05, 0) is 12.8 Å². The van der Waals surface area contributed by atoms with E-state index in [1.54, 1.807) is 0 Å². The Labute approximate surface area is 167 Å². The summed E-state index contributed by atoms with van der Waals surface area (Å²) in [7, 11) is 0. The fourth-order valence-electron chi connectivity index (χ4n) is 2.04. The first-order chi connectivity index (χ1) is 13.5. The fourth-order valence-corrected chi connectivity index (χ4v) is 2.04. The van der Waals surface area contributed by atoms with Crippen LogP contribution in [0.2, 0.25) is 0 Å². The quantitative estimate of drug-likeness (QED) is 0.114. The predicted octanol–water partition coefficient (Wildman–Crippen LogP) is -0.654. The summed E-state index contributed by atoms with van der Waals surface area (Å²) in [5.41, 5.74) is 2.64. The number of hydroxylamine groups is 1. The van der Waals surface area contributed by atoms with Gasteiger partial charge in [-0.1, -0.05) is 13.8 Å². The molecule has 0 spiro atoms. The lowest BCUT2D eigenvalue weighted by molar-refractivity contribution is -0.122. The van der Waals surface area contributed by atoms with Crippen LogP contribution in [0.15, 0.2) is 0 Å². The Kier molecular flexibility index (Phi) is 17.4. The molecule has 0 atom stereocenters. The monoisotopic (exact) mass is 404 g/mol. The Balaban J connectivity index is 3.48. The van der Waals surface area contributed by atoms with Crippen LogP contribution in [-0.4, -0.2) is 77.9 Å². The molecule has 0 aliphatic heterocycles. The zero-order valence-corrected chi connectivity index (χ0v) is 17.1. The van der Waals surface area contributed by atoms with Crippen molar-refractivity contribution in [2.45, 2.75) is 33.1 Å². The molecule has 0 unspecified atom stereocenters. The molecule has 10 heteroatoms. The molecular formula is C18H36N4O6. The van der Waals surface area contributed by atoms with Crippen molar-refractivity contribution in [1.29, 1.82) is 0 Å². The Morgan fingerprint density at radius 1 is 0.857 bits per heavy atom. The van der Waals surface area contributed by atoms with E-state index in [1.807, 2.05) is 13.8 Å². The average Bonchev–Trinajstić information content (AvgIpc) is 2.66. The zero-order chi connectivity index (χ0) is 20.9. The van der Waals surface area contributed by atoms with E-state index in [1.165, 1.54) is 0 Å². The lowest BCUT2D eigenvalue weighted by atomic mass is 9.96. The predicted molar refractivity (Wildman–Crippen MR) is 104 cm³/mol. The Bertz CT molecular complexity index is 410. The topological polar surface area (TPSA) is 127 Å². The molecule has 0 saturated heterocycles. The summed E-state index contributed by atoms with van der Waals surface area (Å²) in [6, 6.07) is 0. The van der Waals surface area contributed by atoms with Crippen molar-refractivity contribution in [3.63, 3.8) is 0 Å². The number of carbonyl (C=O) groups is 3. The molecule has 3 amide bonds. The maximum Gasteiger partial charge on any atom is 0.222 e. The highest BCUT2D eigenvalue weighted by Crippen LogP contribution is 2.15. The molecule has 0 aromatic heterocycles. The summed E-state index contributed by atoms with van der Waals surface area (Å²) in [4.78, 5) is 37.0. The number of hydrogen-bond acceptors (Lipinski definition) is 7. The van der Waals surface area contributed by atoms with Gasteiger partial charge < -0.3 is 25.4 Å². The van der Waals surface area contributed by atoms with Crippen LogP contribution in [0.1, 0.15) is 33.1 Å². The molecule has 10 nitrogen and oxygen atoms in total. The largest absolute Gasteiger partial charge is 0.380 e. The molecule has 28 heavy (non-hydrogen) atoms. The summed E-state index contributed by atoms with van der Waals surface area (Å²) < 4.78 is 11.2. The van der Waals surface area contributed by atoms with Crippen molar-refractivity contribution >= 4 is 18.7 Å². The van der Waals surface area contributed by atoms with Gasteiger partial charge in [-0.2, -0.15) is 0 Å². The van der Waals surface area contributed by atoms with Gasteiger partial charge in [0.25, 0.3) is 0 Å². The third-order valence-corrected chi connectivity index (χ3v) is 3.48. The summed E-state index contributed by atoms with van der Waals surface area (Å²) in [6.07, 6.45) is 3.11. The SMILES string of the molecule is CC(C)(COCCONCCCNC=O)COCCC(=O)NCCCNC=O. The molecule has 0 aromatic carbocycles. The van der Waals surface area contributed by atoms with E-state index in [9.17, 15) is 14.4 Å². The molecule has 164 valence electrons. The molecule has 0 aliphatic carbocycles. The van der Waals surface area contributed by atoms with Gasteiger partial charge in [-0.15, -0.1) is 0 Å². The van der Waals surface area contributed by atoms with Crippen LogP contribution in [0.25, 0.3) is 0 Å². The Hall–Kier alpha value is -1.75. The summed E-state index contributed by atoms with van der Waals surface area (Å²) in [5.74, 6) is -0.0632. The van der Waals surface area contributed by atoms with Gasteiger partial charge in [0.15, 0.2) is 0 Å². The van der Waals surface area contributed by atoms with Crippen LogP contribution in [-0.2, 0) is 28.7 Å². The van der Waals surface area contributed by atoms with E-state index in [0.29, 0.717) is 84.9 Å². The molecule has 4 N–H and O–H groups in total.